The van der Waals surface area contributed by atoms with Gasteiger partial charge in [0.2, 0.25) is 0 Å². The zero-order valence-corrected chi connectivity index (χ0v) is 11.1. The lowest BCUT2D eigenvalue weighted by Gasteiger charge is -2.05. The molecule has 0 bridgehead atoms. The van der Waals surface area contributed by atoms with Gasteiger partial charge in [0.05, 0.1) is 13.2 Å². The summed E-state index contributed by atoms with van der Waals surface area (Å²) < 4.78 is 10.3. The van der Waals surface area contributed by atoms with Crippen molar-refractivity contribution in [1.82, 2.24) is 5.32 Å². The topological polar surface area (TPSA) is 30.5 Å². The van der Waals surface area contributed by atoms with Crippen molar-refractivity contribution < 1.29 is 9.47 Å². The van der Waals surface area contributed by atoms with Crippen molar-refractivity contribution in [2.45, 2.75) is 45.4 Å². The highest BCUT2D eigenvalue weighted by Gasteiger charge is 1.91. The molecule has 0 aromatic rings. The van der Waals surface area contributed by atoms with Gasteiger partial charge in [-0.3, -0.25) is 0 Å². The van der Waals surface area contributed by atoms with E-state index in [9.17, 15) is 0 Å². The Bertz CT molecular complexity index is 107. The number of unbranched alkanes of at least 4 members (excludes halogenated alkanes) is 4. The molecule has 1 N–H and O–H groups in total. The van der Waals surface area contributed by atoms with Gasteiger partial charge in [0.1, 0.15) is 0 Å². The third kappa shape index (κ3) is 13.9. The van der Waals surface area contributed by atoms with Crippen LogP contribution in [0.3, 0.4) is 0 Å². The van der Waals surface area contributed by atoms with E-state index in [1.165, 1.54) is 38.6 Å². The van der Waals surface area contributed by atoms with E-state index in [1.54, 1.807) is 7.11 Å². The molecule has 98 valence electrons. The average Bonchev–Trinajstić information content (AvgIpc) is 2.31. The molecule has 0 aliphatic carbocycles. The summed E-state index contributed by atoms with van der Waals surface area (Å²) in [6.07, 6.45) is 7.72. The zero-order chi connectivity index (χ0) is 11.9. The van der Waals surface area contributed by atoms with Crippen LogP contribution in [0.4, 0.5) is 0 Å². The van der Waals surface area contributed by atoms with Crippen LogP contribution in [0.1, 0.15) is 45.4 Å². The smallest absolute Gasteiger partial charge is 0.0700 e. The zero-order valence-electron chi connectivity index (χ0n) is 11.1. The highest BCUT2D eigenvalue weighted by atomic mass is 16.5. The third-order valence-electron chi connectivity index (χ3n) is 2.53. The van der Waals surface area contributed by atoms with Crippen molar-refractivity contribution in [3.05, 3.63) is 0 Å². The van der Waals surface area contributed by atoms with E-state index >= 15 is 0 Å². The average molecular weight is 231 g/mol. The maximum absolute atomic E-state index is 5.38. The second-order valence-electron chi connectivity index (χ2n) is 4.12. The molecule has 0 amide bonds. The molecule has 0 aromatic carbocycles. The predicted molar refractivity (Wildman–Crippen MR) is 68.9 cm³/mol. The Morgan fingerprint density at radius 1 is 0.812 bits per heavy atom. The Kier molecular flexibility index (Phi) is 14.8. The van der Waals surface area contributed by atoms with Crippen molar-refractivity contribution >= 4 is 0 Å². The summed E-state index contributed by atoms with van der Waals surface area (Å²) in [5, 5.41) is 3.47. The first-order chi connectivity index (χ1) is 7.91. The molecule has 0 saturated carbocycles. The van der Waals surface area contributed by atoms with Crippen LogP contribution in [-0.4, -0.2) is 40.0 Å². The monoisotopic (exact) mass is 231 g/mol. The minimum Gasteiger partial charge on any atom is -0.382 e. The normalized spacial score (nSPS) is 10.9. The summed E-state index contributed by atoms with van der Waals surface area (Å²) >= 11 is 0. The van der Waals surface area contributed by atoms with Gasteiger partial charge in [-0.15, -0.1) is 0 Å². The molecular formula is C13H29NO2. The van der Waals surface area contributed by atoms with Crippen LogP contribution >= 0.6 is 0 Å². The van der Waals surface area contributed by atoms with Crippen molar-refractivity contribution in [3.63, 3.8) is 0 Å². The summed E-state index contributed by atoms with van der Waals surface area (Å²) in [4.78, 5) is 0. The Labute approximate surface area is 101 Å². The second kappa shape index (κ2) is 14.9. The van der Waals surface area contributed by atoms with Gasteiger partial charge in [-0.05, 0) is 32.4 Å². The van der Waals surface area contributed by atoms with E-state index in [0.717, 1.165) is 26.2 Å². The molecule has 0 saturated heterocycles. The highest BCUT2D eigenvalue weighted by Crippen LogP contribution is 1.97. The fourth-order valence-electron chi connectivity index (χ4n) is 1.50. The first kappa shape index (κ1) is 15.9. The minimum absolute atomic E-state index is 0.704. The summed E-state index contributed by atoms with van der Waals surface area (Å²) in [7, 11) is 1.70. The molecule has 3 heteroatoms. The maximum atomic E-state index is 5.38. The van der Waals surface area contributed by atoms with E-state index in [4.69, 9.17) is 9.47 Å². The van der Waals surface area contributed by atoms with Gasteiger partial charge < -0.3 is 14.8 Å². The van der Waals surface area contributed by atoms with Gasteiger partial charge in [0, 0.05) is 13.7 Å². The standard InChI is InChI=1S/C13H29NO2/c1-3-4-5-6-9-14-10-7-8-11-16-13-12-15-2/h14H,3-13H2,1-2H3. The molecule has 0 heterocycles. The van der Waals surface area contributed by atoms with Gasteiger partial charge in [-0.2, -0.15) is 0 Å². The van der Waals surface area contributed by atoms with E-state index in [2.05, 4.69) is 12.2 Å². The molecule has 0 aromatic heterocycles. The number of methoxy groups -OCH3 is 1. The number of rotatable bonds is 13. The Balaban J connectivity index is 2.83. The van der Waals surface area contributed by atoms with Gasteiger partial charge in [0.15, 0.2) is 0 Å². The molecule has 0 fully saturated rings. The van der Waals surface area contributed by atoms with Crippen LogP contribution in [0.25, 0.3) is 0 Å². The summed E-state index contributed by atoms with van der Waals surface area (Å²) in [5.41, 5.74) is 0. The van der Waals surface area contributed by atoms with E-state index < -0.39 is 0 Å². The molecule has 0 radical (unpaired) electrons. The second-order valence-corrected chi connectivity index (χ2v) is 4.12. The predicted octanol–water partition coefficient (Wildman–Crippen LogP) is 2.60. The minimum atomic E-state index is 0.704. The SMILES string of the molecule is CCCCCCNCCCCOCCOC. The Morgan fingerprint density at radius 2 is 1.56 bits per heavy atom. The lowest BCUT2D eigenvalue weighted by atomic mass is 10.2. The Morgan fingerprint density at radius 3 is 2.25 bits per heavy atom. The van der Waals surface area contributed by atoms with E-state index in [0.29, 0.717) is 6.61 Å². The fraction of sp³-hybridized carbons (Fsp3) is 1.00. The fourth-order valence-corrected chi connectivity index (χ4v) is 1.50. The maximum Gasteiger partial charge on any atom is 0.0700 e. The van der Waals surface area contributed by atoms with Gasteiger partial charge >= 0.3 is 0 Å². The highest BCUT2D eigenvalue weighted by molar-refractivity contribution is 4.49. The van der Waals surface area contributed by atoms with E-state index in [1.807, 2.05) is 0 Å². The number of nitrogens with one attached hydrogen (secondary N) is 1. The quantitative estimate of drug-likeness (QED) is 0.494. The summed E-state index contributed by atoms with van der Waals surface area (Å²) in [6, 6.07) is 0. The molecule has 0 spiro atoms. The molecule has 0 aliphatic rings. The molecule has 0 unspecified atom stereocenters. The van der Waals surface area contributed by atoms with Gasteiger partial charge in [-0.1, -0.05) is 26.2 Å². The first-order valence-electron chi connectivity index (χ1n) is 6.69. The molecule has 0 aliphatic heterocycles. The van der Waals surface area contributed by atoms with Crippen LogP contribution in [0.5, 0.6) is 0 Å². The van der Waals surface area contributed by atoms with Gasteiger partial charge in [0.25, 0.3) is 0 Å². The number of hydrogen-bond donors (Lipinski definition) is 1. The van der Waals surface area contributed by atoms with Crippen molar-refractivity contribution in [2.75, 3.05) is 40.0 Å². The van der Waals surface area contributed by atoms with Crippen LogP contribution in [0.15, 0.2) is 0 Å². The van der Waals surface area contributed by atoms with Crippen molar-refractivity contribution in [1.29, 1.82) is 0 Å². The first-order valence-corrected chi connectivity index (χ1v) is 6.69. The van der Waals surface area contributed by atoms with Gasteiger partial charge in [-0.25, -0.2) is 0 Å². The van der Waals surface area contributed by atoms with Crippen LogP contribution in [0, 0.1) is 0 Å². The molecular weight excluding hydrogens is 202 g/mol. The lowest BCUT2D eigenvalue weighted by Crippen LogP contribution is -2.17. The lowest BCUT2D eigenvalue weighted by molar-refractivity contribution is 0.0688. The van der Waals surface area contributed by atoms with Crippen LogP contribution in [0.2, 0.25) is 0 Å². The summed E-state index contributed by atoms with van der Waals surface area (Å²) in [5.74, 6) is 0. The van der Waals surface area contributed by atoms with E-state index in [-0.39, 0.29) is 0 Å². The largest absolute Gasteiger partial charge is 0.382 e. The molecule has 3 nitrogen and oxygen atoms in total. The third-order valence-corrected chi connectivity index (χ3v) is 2.53. The molecule has 16 heavy (non-hydrogen) atoms. The van der Waals surface area contributed by atoms with Crippen LogP contribution in [-0.2, 0) is 9.47 Å². The number of ether oxygens (including phenoxy) is 2. The van der Waals surface area contributed by atoms with Crippen molar-refractivity contribution in [3.8, 4) is 0 Å². The van der Waals surface area contributed by atoms with Crippen LogP contribution < -0.4 is 5.32 Å². The van der Waals surface area contributed by atoms with Crippen molar-refractivity contribution in [2.24, 2.45) is 0 Å². The summed E-state index contributed by atoms with van der Waals surface area (Å²) in [6.45, 7) is 6.83. The molecule has 0 rings (SSSR count). The Hall–Kier alpha value is -0.120. The molecule has 0 atom stereocenters. The number of hydrogen-bond acceptors (Lipinski definition) is 3.